The van der Waals surface area contributed by atoms with E-state index in [1.165, 1.54) is 0 Å². The van der Waals surface area contributed by atoms with E-state index in [1.54, 1.807) is 4.57 Å². The van der Waals surface area contributed by atoms with Gasteiger partial charge in [-0.15, -0.1) is 0 Å². The largest absolute Gasteiger partial charge is 0.326 e. The molecule has 1 atom stereocenters. The van der Waals surface area contributed by atoms with Gasteiger partial charge < -0.3 is 10.3 Å². The van der Waals surface area contributed by atoms with E-state index in [1.807, 2.05) is 18.2 Å². The first-order valence-corrected chi connectivity index (χ1v) is 5.74. The Morgan fingerprint density at radius 2 is 2.31 bits per heavy atom. The van der Waals surface area contributed by atoms with Crippen molar-refractivity contribution in [1.29, 1.82) is 0 Å². The Labute approximate surface area is 97.2 Å². The van der Waals surface area contributed by atoms with Crippen LogP contribution in [0.4, 0.5) is 0 Å². The number of nitrogens with one attached hydrogen (secondary N) is 2. The summed E-state index contributed by atoms with van der Waals surface area (Å²) in [4.78, 5) is 14.7. The van der Waals surface area contributed by atoms with Crippen molar-refractivity contribution in [2.75, 3.05) is 13.1 Å². The first-order chi connectivity index (χ1) is 7.77. The highest BCUT2D eigenvalue weighted by atomic mass is 35.5. The van der Waals surface area contributed by atoms with Crippen LogP contribution in [-0.4, -0.2) is 22.6 Å². The van der Waals surface area contributed by atoms with Crippen LogP contribution in [0.3, 0.4) is 0 Å². The molecular formula is C11H12ClN3O. The standard InChI is InChI=1S/C11H12ClN3O/c12-8-2-1-3-9-10(8)15(11(16)14-9)7-4-5-13-6-7/h1-3,7,13H,4-6H2,(H,14,16). The number of nitrogens with zero attached hydrogens (tertiary/aromatic N) is 1. The summed E-state index contributed by atoms with van der Waals surface area (Å²) in [5.74, 6) is 0. The van der Waals surface area contributed by atoms with Crippen LogP contribution in [0.15, 0.2) is 23.0 Å². The van der Waals surface area contributed by atoms with Gasteiger partial charge in [-0.2, -0.15) is 0 Å². The second kappa shape index (κ2) is 3.64. The molecule has 0 spiro atoms. The van der Waals surface area contributed by atoms with Crippen molar-refractivity contribution in [2.24, 2.45) is 0 Å². The maximum Gasteiger partial charge on any atom is 0.326 e. The van der Waals surface area contributed by atoms with Crippen LogP contribution in [-0.2, 0) is 0 Å². The van der Waals surface area contributed by atoms with Gasteiger partial charge in [0.1, 0.15) is 0 Å². The van der Waals surface area contributed by atoms with Crippen molar-refractivity contribution >= 4 is 22.6 Å². The van der Waals surface area contributed by atoms with E-state index in [4.69, 9.17) is 11.6 Å². The van der Waals surface area contributed by atoms with Crippen molar-refractivity contribution in [3.63, 3.8) is 0 Å². The van der Waals surface area contributed by atoms with E-state index >= 15 is 0 Å². The molecule has 1 fully saturated rings. The zero-order valence-corrected chi connectivity index (χ0v) is 9.42. The summed E-state index contributed by atoms with van der Waals surface area (Å²) < 4.78 is 1.78. The average Bonchev–Trinajstić information content (AvgIpc) is 2.84. The van der Waals surface area contributed by atoms with E-state index in [0.29, 0.717) is 5.02 Å². The minimum Gasteiger partial charge on any atom is -0.315 e. The van der Waals surface area contributed by atoms with Gasteiger partial charge in [0.2, 0.25) is 0 Å². The van der Waals surface area contributed by atoms with Crippen molar-refractivity contribution in [1.82, 2.24) is 14.9 Å². The van der Waals surface area contributed by atoms with E-state index < -0.39 is 0 Å². The lowest BCUT2D eigenvalue weighted by Gasteiger charge is -2.10. The Kier molecular flexibility index (Phi) is 2.26. The van der Waals surface area contributed by atoms with Gasteiger partial charge in [-0.3, -0.25) is 4.57 Å². The smallest absolute Gasteiger partial charge is 0.315 e. The quantitative estimate of drug-likeness (QED) is 0.790. The van der Waals surface area contributed by atoms with Crippen LogP contribution in [0.5, 0.6) is 0 Å². The Bertz CT molecular complexity index is 580. The number of benzene rings is 1. The van der Waals surface area contributed by atoms with Crippen LogP contribution in [0, 0.1) is 0 Å². The molecule has 1 aromatic heterocycles. The number of halogens is 1. The SMILES string of the molecule is O=c1[nH]c2cccc(Cl)c2n1C1CCNC1. The number of rotatable bonds is 1. The molecule has 0 bridgehead atoms. The highest BCUT2D eigenvalue weighted by Gasteiger charge is 2.21. The average molecular weight is 238 g/mol. The topological polar surface area (TPSA) is 49.8 Å². The number of hydrogen-bond donors (Lipinski definition) is 2. The number of fused-ring (bicyclic) bond motifs is 1. The minimum absolute atomic E-state index is 0.0724. The lowest BCUT2D eigenvalue weighted by Crippen LogP contribution is -2.23. The van der Waals surface area contributed by atoms with E-state index in [2.05, 4.69) is 10.3 Å². The zero-order valence-electron chi connectivity index (χ0n) is 8.66. The predicted molar refractivity (Wildman–Crippen MR) is 64.1 cm³/mol. The second-order valence-corrected chi connectivity index (χ2v) is 4.49. The third kappa shape index (κ3) is 1.37. The summed E-state index contributed by atoms with van der Waals surface area (Å²) in [6.07, 6.45) is 0.970. The summed E-state index contributed by atoms with van der Waals surface area (Å²) in [6, 6.07) is 5.75. The molecule has 2 N–H and O–H groups in total. The molecule has 0 saturated carbocycles. The molecule has 2 heterocycles. The van der Waals surface area contributed by atoms with Gasteiger partial charge in [-0.1, -0.05) is 17.7 Å². The Morgan fingerprint density at radius 1 is 1.44 bits per heavy atom. The molecule has 4 nitrogen and oxygen atoms in total. The lowest BCUT2D eigenvalue weighted by atomic mass is 10.2. The van der Waals surface area contributed by atoms with Crippen molar-refractivity contribution in [2.45, 2.75) is 12.5 Å². The predicted octanol–water partition coefficient (Wildman–Crippen LogP) is 1.52. The number of hydrogen-bond acceptors (Lipinski definition) is 2. The molecule has 0 aliphatic carbocycles. The van der Waals surface area contributed by atoms with E-state index in [0.717, 1.165) is 30.5 Å². The Morgan fingerprint density at radius 3 is 3.06 bits per heavy atom. The number of imidazole rings is 1. The lowest BCUT2D eigenvalue weighted by molar-refractivity contribution is 0.546. The third-order valence-corrected chi connectivity index (χ3v) is 3.39. The fourth-order valence-electron chi connectivity index (χ4n) is 2.35. The van der Waals surface area contributed by atoms with Gasteiger partial charge in [0.15, 0.2) is 0 Å². The zero-order chi connectivity index (χ0) is 11.1. The fourth-order valence-corrected chi connectivity index (χ4v) is 2.61. The van der Waals surface area contributed by atoms with E-state index in [-0.39, 0.29) is 11.7 Å². The van der Waals surface area contributed by atoms with Gasteiger partial charge in [0, 0.05) is 6.54 Å². The summed E-state index contributed by atoms with van der Waals surface area (Å²) in [5.41, 5.74) is 1.56. The van der Waals surface area contributed by atoms with Crippen LogP contribution < -0.4 is 11.0 Å². The summed E-state index contributed by atoms with van der Waals surface area (Å²) in [5, 5.41) is 3.88. The molecule has 1 aromatic carbocycles. The van der Waals surface area contributed by atoms with Gasteiger partial charge in [0.25, 0.3) is 0 Å². The third-order valence-electron chi connectivity index (χ3n) is 3.09. The molecule has 3 rings (SSSR count). The van der Waals surface area contributed by atoms with Gasteiger partial charge in [0.05, 0.1) is 22.1 Å². The molecule has 0 amide bonds. The molecule has 84 valence electrons. The van der Waals surface area contributed by atoms with Crippen LogP contribution in [0.25, 0.3) is 11.0 Å². The summed E-state index contributed by atoms with van der Waals surface area (Å²) in [6.45, 7) is 1.78. The summed E-state index contributed by atoms with van der Waals surface area (Å²) in [7, 11) is 0. The molecule has 1 aliphatic heterocycles. The normalized spacial score (nSPS) is 20.7. The molecule has 2 aromatic rings. The minimum atomic E-state index is -0.0724. The molecule has 1 aliphatic rings. The first-order valence-electron chi connectivity index (χ1n) is 5.37. The second-order valence-electron chi connectivity index (χ2n) is 4.08. The van der Waals surface area contributed by atoms with E-state index in [9.17, 15) is 4.79 Å². The Balaban J connectivity index is 2.29. The van der Waals surface area contributed by atoms with Gasteiger partial charge in [-0.25, -0.2) is 4.79 Å². The fraction of sp³-hybridized carbons (Fsp3) is 0.364. The van der Waals surface area contributed by atoms with Gasteiger partial charge in [-0.05, 0) is 25.1 Å². The van der Waals surface area contributed by atoms with Crippen LogP contribution in [0.1, 0.15) is 12.5 Å². The number of aromatic amines is 1. The van der Waals surface area contributed by atoms with Crippen LogP contribution in [0.2, 0.25) is 5.02 Å². The van der Waals surface area contributed by atoms with Crippen molar-refractivity contribution in [3.05, 3.63) is 33.7 Å². The maximum atomic E-state index is 11.9. The first kappa shape index (κ1) is 9.93. The highest BCUT2D eigenvalue weighted by molar-refractivity contribution is 6.34. The molecule has 0 radical (unpaired) electrons. The number of aromatic nitrogens is 2. The van der Waals surface area contributed by atoms with Crippen molar-refractivity contribution < 1.29 is 0 Å². The van der Waals surface area contributed by atoms with Gasteiger partial charge >= 0.3 is 5.69 Å². The summed E-state index contributed by atoms with van der Waals surface area (Å²) >= 11 is 6.15. The molecule has 5 heteroatoms. The molecule has 1 saturated heterocycles. The maximum absolute atomic E-state index is 11.9. The Hall–Kier alpha value is -1.26. The van der Waals surface area contributed by atoms with Crippen LogP contribution >= 0.6 is 11.6 Å². The number of H-pyrrole nitrogens is 1. The number of para-hydroxylation sites is 1. The monoisotopic (exact) mass is 237 g/mol. The molecule has 1 unspecified atom stereocenters. The highest BCUT2D eigenvalue weighted by Crippen LogP contribution is 2.25. The molecular weight excluding hydrogens is 226 g/mol. The molecule has 16 heavy (non-hydrogen) atoms. The van der Waals surface area contributed by atoms with Crippen molar-refractivity contribution in [3.8, 4) is 0 Å².